The number of rotatable bonds is 4. The minimum Gasteiger partial charge on any atom is -0.390 e. The zero-order valence-corrected chi connectivity index (χ0v) is 13.8. The van der Waals surface area contributed by atoms with Crippen molar-refractivity contribution in [2.75, 3.05) is 6.54 Å². The van der Waals surface area contributed by atoms with E-state index in [0.29, 0.717) is 6.54 Å². The number of hydrogen-bond acceptors (Lipinski definition) is 5. The van der Waals surface area contributed by atoms with E-state index in [2.05, 4.69) is 20.4 Å². The van der Waals surface area contributed by atoms with Gasteiger partial charge >= 0.3 is 6.18 Å². The lowest BCUT2D eigenvalue weighted by molar-refractivity contribution is -0.143. The van der Waals surface area contributed by atoms with Crippen LogP contribution >= 0.6 is 0 Å². The van der Waals surface area contributed by atoms with E-state index in [1.807, 2.05) is 6.92 Å². The molecule has 1 aromatic rings. The Kier molecular flexibility index (Phi) is 4.83. The number of halogens is 3. The van der Waals surface area contributed by atoms with Gasteiger partial charge in [-0.2, -0.15) is 13.2 Å². The van der Waals surface area contributed by atoms with Crippen LogP contribution in [-0.2, 0) is 13.1 Å². The molecule has 1 aliphatic carbocycles. The SMILES string of the molecule is C[C@]1(O)CCCC[C@H]1[C@@H]1CCCN1Cc1nnnn1CC(F)(F)F. The van der Waals surface area contributed by atoms with Crippen molar-refractivity contribution in [1.82, 2.24) is 25.1 Å². The second-order valence-electron chi connectivity index (χ2n) is 7.26. The van der Waals surface area contributed by atoms with E-state index in [1.165, 1.54) is 0 Å². The highest BCUT2D eigenvalue weighted by Gasteiger charge is 2.43. The number of nitrogens with zero attached hydrogens (tertiary/aromatic N) is 5. The number of aliphatic hydroxyl groups is 1. The molecule has 24 heavy (non-hydrogen) atoms. The maximum absolute atomic E-state index is 12.6. The Morgan fingerprint density at radius 3 is 2.75 bits per heavy atom. The molecule has 0 bridgehead atoms. The van der Waals surface area contributed by atoms with Crippen LogP contribution < -0.4 is 0 Å². The van der Waals surface area contributed by atoms with Crippen LogP contribution in [0.2, 0.25) is 0 Å². The highest BCUT2D eigenvalue weighted by molar-refractivity contribution is 4.98. The van der Waals surface area contributed by atoms with Gasteiger partial charge in [0.25, 0.3) is 0 Å². The van der Waals surface area contributed by atoms with Crippen LogP contribution in [0.1, 0.15) is 51.3 Å². The summed E-state index contributed by atoms with van der Waals surface area (Å²) >= 11 is 0. The molecule has 0 aromatic carbocycles. The number of tetrazole rings is 1. The van der Waals surface area contributed by atoms with Crippen LogP contribution in [0.5, 0.6) is 0 Å². The largest absolute Gasteiger partial charge is 0.408 e. The highest BCUT2D eigenvalue weighted by atomic mass is 19.4. The molecular weight excluding hydrogens is 323 g/mol. The fourth-order valence-corrected chi connectivity index (χ4v) is 4.26. The third-order valence-corrected chi connectivity index (χ3v) is 5.41. The quantitative estimate of drug-likeness (QED) is 0.904. The third-order valence-electron chi connectivity index (χ3n) is 5.41. The van der Waals surface area contributed by atoms with Crippen LogP contribution in [0.25, 0.3) is 0 Å². The van der Waals surface area contributed by atoms with E-state index in [-0.39, 0.29) is 17.8 Å². The summed E-state index contributed by atoms with van der Waals surface area (Å²) in [7, 11) is 0. The number of hydrogen-bond donors (Lipinski definition) is 1. The van der Waals surface area contributed by atoms with Gasteiger partial charge in [0.15, 0.2) is 5.82 Å². The summed E-state index contributed by atoms with van der Waals surface area (Å²) in [6.45, 7) is 1.81. The molecule has 1 aromatic heterocycles. The zero-order chi connectivity index (χ0) is 17.4. The molecule has 0 spiro atoms. The van der Waals surface area contributed by atoms with E-state index < -0.39 is 18.3 Å². The Hall–Kier alpha value is -1.22. The summed E-state index contributed by atoms with van der Waals surface area (Å²) in [5.41, 5.74) is -0.705. The van der Waals surface area contributed by atoms with Crippen LogP contribution in [-0.4, -0.2) is 54.6 Å². The van der Waals surface area contributed by atoms with Gasteiger partial charge in [-0.15, -0.1) is 5.10 Å². The Morgan fingerprint density at radius 2 is 2.04 bits per heavy atom. The minimum atomic E-state index is -4.35. The smallest absolute Gasteiger partial charge is 0.390 e. The van der Waals surface area contributed by atoms with Gasteiger partial charge in [0, 0.05) is 12.0 Å². The average molecular weight is 347 g/mol. The normalized spacial score (nSPS) is 32.4. The molecule has 1 N–H and O–H groups in total. The maximum atomic E-state index is 12.6. The Labute approximate surface area is 139 Å². The van der Waals surface area contributed by atoms with Crippen molar-refractivity contribution in [2.24, 2.45) is 5.92 Å². The van der Waals surface area contributed by atoms with Gasteiger partial charge in [-0.1, -0.05) is 12.8 Å². The Bertz CT molecular complexity index is 560. The lowest BCUT2D eigenvalue weighted by Crippen LogP contribution is -2.49. The van der Waals surface area contributed by atoms with Gasteiger partial charge < -0.3 is 5.11 Å². The monoisotopic (exact) mass is 347 g/mol. The molecule has 2 fully saturated rings. The molecule has 6 nitrogen and oxygen atoms in total. The first-order valence-corrected chi connectivity index (χ1v) is 8.54. The lowest BCUT2D eigenvalue weighted by Gasteiger charge is -2.43. The zero-order valence-electron chi connectivity index (χ0n) is 13.8. The first kappa shape index (κ1) is 17.6. The van der Waals surface area contributed by atoms with E-state index in [1.54, 1.807) is 0 Å². The van der Waals surface area contributed by atoms with Crippen molar-refractivity contribution < 1.29 is 18.3 Å². The standard InChI is InChI=1S/C15H24F3N5O/c1-14(24)7-3-2-5-11(14)12-6-4-8-22(12)9-13-19-20-21-23(13)10-15(16,17)18/h11-12,24H,2-10H2,1H3/t11-,12-,14-/m0/s1. The van der Waals surface area contributed by atoms with Crippen LogP contribution in [0.15, 0.2) is 0 Å². The molecular formula is C15H24F3N5O. The molecule has 0 radical (unpaired) electrons. The number of alkyl halides is 3. The van der Waals surface area contributed by atoms with Gasteiger partial charge in [0.2, 0.25) is 0 Å². The van der Waals surface area contributed by atoms with Crippen molar-refractivity contribution in [3.8, 4) is 0 Å². The van der Waals surface area contributed by atoms with Crippen molar-refractivity contribution in [3.63, 3.8) is 0 Å². The fraction of sp³-hybridized carbons (Fsp3) is 0.933. The molecule has 1 aliphatic heterocycles. The van der Waals surface area contributed by atoms with E-state index in [4.69, 9.17) is 0 Å². The second kappa shape index (κ2) is 6.59. The van der Waals surface area contributed by atoms with Crippen molar-refractivity contribution in [2.45, 2.75) is 76.4 Å². The third kappa shape index (κ3) is 3.88. The number of aromatic nitrogens is 4. The summed E-state index contributed by atoms with van der Waals surface area (Å²) in [5, 5.41) is 21.4. The molecule has 9 heteroatoms. The topological polar surface area (TPSA) is 67.1 Å². The first-order chi connectivity index (χ1) is 11.3. The van der Waals surface area contributed by atoms with Gasteiger partial charge in [-0.3, -0.25) is 4.90 Å². The fourth-order valence-electron chi connectivity index (χ4n) is 4.26. The van der Waals surface area contributed by atoms with Crippen LogP contribution in [0, 0.1) is 5.92 Å². The predicted molar refractivity (Wildman–Crippen MR) is 79.9 cm³/mol. The lowest BCUT2D eigenvalue weighted by atomic mass is 9.72. The maximum Gasteiger partial charge on any atom is 0.408 e. The summed E-state index contributed by atoms with van der Waals surface area (Å²) in [6, 6.07) is 0.177. The Morgan fingerprint density at radius 1 is 1.25 bits per heavy atom. The summed E-state index contributed by atoms with van der Waals surface area (Å²) in [5.74, 6) is 0.385. The summed E-state index contributed by atoms with van der Waals surface area (Å²) in [4.78, 5) is 2.14. The molecule has 2 aliphatic rings. The average Bonchev–Trinajstić information content (AvgIpc) is 3.08. The minimum absolute atomic E-state index is 0.153. The first-order valence-electron chi connectivity index (χ1n) is 8.54. The summed E-state index contributed by atoms with van der Waals surface area (Å²) in [6.07, 6.45) is 1.47. The molecule has 136 valence electrons. The molecule has 1 saturated carbocycles. The van der Waals surface area contributed by atoms with Crippen LogP contribution in [0.4, 0.5) is 13.2 Å². The molecule has 1 saturated heterocycles. The molecule has 2 heterocycles. The molecule has 3 rings (SSSR count). The molecule has 0 amide bonds. The highest BCUT2D eigenvalue weighted by Crippen LogP contribution is 2.41. The van der Waals surface area contributed by atoms with Gasteiger partial charge in [-0.05, 0) is 49.6 Å². The van der Waals surface area contributed by atoms with Gasteiger partial charge in [0.1, 0.15) is 6.54 Å². The van der Waals surface area contributed by atoms with Crippen molar-refractivity contribution in [1.29, 1.82) is 0 Å². The summed E-state index contributed by atoms with van der Waals surface area (Å²) < 4.78 is 38.7. The predicted octanol–water partition coefficient (Wildman–Crippen LogP) is 2.14. The molecule has 0 unspecified atom stereocenters. The second-order valence-corrected chi connectivity index (χ2v) is 7.26. The van der Waals surface area contributed by atoms with Gasteiger partial charge in [0.05, 0.1) is 12.1 Å². The van der Waals surface area contributed by atoms with E-state index >= 15 is 0 Å². The number of likely N-dealkylation sites (tertiary alicyclic amines) is 1. The molecule has 3 atom stereocenters. The Balaban J connectivity index is 1.72. The van der Waals surface area contributed by atoms with Crippen molar-refractivity contribution in [3.05, 3.63) is 5.82 Å². The van der Waals surface area contributed by atoms with Crippen molar-refractivity contribution >= 4 is 0 Å². The van der Waals surface area contributed by atoms with E-state index in [0.717, 1.165) is 49.8 Å². The van der Waals surface area contributed by atoms with Gasteiger partial charge in [-0.25, -0.2) is 4.68 Å². The van der Waals surface area contributed by atoms with Crippen LogP contribution in [0.3, 0.4) is 0 Å². The van der Waals surface area contributed by atoms with E-state index in [9.17, 15) is 18.3 Å².